The number of H-pyrrole nitrogens is 2. The second-order valence-corrected chi connectivity index (χ2v) is 22.7. The molecule has 9 rings (SSSR count). The van der Waals surface area contributed by atoms with E-state index in [4.69, 9.17) is 63.7 Å². The summed E-state index contributed by atoms with van der Waals surface area (Å²) in [5, 5.41) is 21.7. The minimum absolute atomic E-state index is 0.0217. The number of methoxy groups -OCH3 is 3. The number of aromatic amines is 2. The van der Waals surface area contributed by atoms with Crippen molar-refractivity contribution in [3.8, 4) is 0 Å². The molecule has 3 aliphatic rings. The summed E-state index contributed by atoms with van der Waals surface area (Å²) < 4.78 is 119. The summed E-state index contributed by atoms with van der Waals surface area (Å²) >= 11 is 0. The number of aliphatic hydroxyl groups excluding tert-OH is 2. The molecule has 9 heterocycles. The van der Waals surface area contributed by atoms with Crippen LogP contribution >= 0.6 is 31.3 Å². The van der Waals surface area contributed by atoms with Gasteiger partial charge in [0, 0.05) is 21.3 Å². The number of aliphatic hydroxyl groups is 2. The average Bonchev–Trinajstić information content (AvgIpc) is 4.24. The number of nitrogen functional groups attached to an aromatic ring is 3. The van der Waals surface area contributed by atoms with Gasteiger partial charge in [0.05, 0.1) is 39.5 Å². The minimum atomic E-state index is -6.55. The third kappa shape index (κ3) is 11.4. The number of rotatable bonds is 21. The van der Waals surface area contributed by atoms with Crippen LogP contribution in [0.1, 0.15) is 18.7 Å². The summed E-state index contributed by atoms with van der Waals surface area (Å²) in [5.74, 6) is -0.683. The third-order valence-corrected chi connectivity index (χ3v) is 17.1. The van der Waals surface area contributed by atoms with Gasteiger partial charge in [-0.15, -0.1) is 0 Å². The number of hydrogen-bond donors (Lipinski definition) is 7. The zero-order valence-electron chi connectivity index (χ0n) is 39.7. The Balaban J connectivity index is 0.870. The second kappa shape index (κ2) is 21.5. The topological polar surface area (TPSA) is 552 Å². The molecule has 7 unspecified atom stereocenters. The van der Waals surface area contributed by atoms with Crippen molar-refractivity contribution in [2.75, 3.05) is 58.4 Å². The molecule has 0 aliphatic carbocycles. The number of imidazole rings is 3. The molecule has 0 spiro atoms. The Bertz CT molecular complexity index is 3510. The van der Waals surface area contributed by atoms with E-state index in [-0.39, 0.29) is 51.2 Å². The molecular formula is C34H44N15O24P4-3. The summed E-state index contributed by atoms with van der Waals surface area (Å²) in [6.07, 6.45) is -14.1. The number of nitrogens with zero attached hydrogens (tertiary/aromatic N) is 10. The molecule has 39 nitrogen and oxygen atoms in total. The summed E-state index contributed by atoms with van der Waals surface area (Å²) in [6.45, 7) is -3.47. The number of phosphoric ester groups is 3. The van der Waals surface area contributed by atoms with Gasteiger partial charge in [0.1, 0.15) is 66.8 Å². The quantitative estimate of drug-likeness (QED) is 0.0261. The van der Waals surface area contributed by atoms with E-state index in [2.05, 4.69) is 48.5 Å². The second-order valence-electron chi connectivity index (χ2n) is 16.8. The molecule has 0 radical (unpaired) electrons. The molecule has 422 valence electrons. The highest BCUT2D eigenvalue weighted by Crippen LogP contribution is 2.63. The number of aryl methyl sites for hydroxylation is 1. The predicted molar refractivity (Wildman–Crippen MR) is 240 cm³/mol. The zero-order chi connectivity index (χ0) is 55.7. The molecule has 77 heavy (non-hydrogen) atoms. The Morgan fingerprint density at radius 3 is 1.87 bits per heavy atom. The van der Waals surface area contributed by atoms with Gasteiger partial charge in [0.25, 0.3) is 48.4 Å². The van der Waals surface area contributed by atoms with Crippen molar-refractivity contribution in [2.45, 2.75) is 73.6 Å². The number of nitrogens with two attached hydrogens (primary N) is 3. The Labute approximate surface area is 428 Å². The van der Waals surface area contributed by atoms with Crippen LogP contribution in [0.4, 0.5) is 17.7 Å². The Morgan fingerprint density at radius 1 is 0.662 bits per heavy atom. The number of anilines is 3. The van der Waals surface area contributed by atoms with E-state index in [1.165, 1.54) is 36.7 Å². The van der Waals surface area contributed by atoms with Gasteiger partial charge in [-0.05, 0) is 0 Å². The van der Waals surface area contributed by atoms with Gasteiger partial charge in [-0.2, -0.15) is 4.98 Å². The van der Waals surface area contributed by atoms with Crippen LogP contribution in [0, 0.1) is 0 Å². The number of fused-ring (bicyclic) bond motifs is 3. The molecule has 10 N–H and O–H groups in total. The standard InChI is InChI=1S/C34H47N15O24P4/c1-46-11-49(27-17(46)29(53)45-34(37)43-27)32-22(63-3)20(62-2)13(69-32)6-66-75(56,57)72-77(60,61)73-76(58,59)67-7-14-21(23(64-4)31(70-14)47-9-40-15-24(35)38-8-39-25(15)47)71-74(54,55)65-5-12-18(50)19(51)30(68-12)48-10-41-16-26(48)42-33(36)44-28(16)52/h8-14,18-23,30-32,50-51H,5-7H2,1-4H3,(H11-,35,36,37,38,39,42,43,44,45,52,53,54,55,56,57,58,59,60,61)/p-3/t12-,13-,14-,18+,19?,20?,21?,22+,23+,30-,31-,32-/m1/s1. The first-order valence-corrected chi connectivity index (χ1v) is 27.7. The highest BCUT2D eigenvalue weighted by Gasteiger charge is 2.52. The average molecular weight is 1170 g/mol. The van der Waals surface area contributed by atoms with Crippen LogP contribution in [0.25, 0.3) is 33.5 Å². The minimum Gasteiger partial charge on any atom is -0.756 e. The van der Waals surface area contributed by atoms with Gasteiger partial charge >= 0.3 is 5.65 Å². The van der Waals surface area contributed by atoms with Gasteiger partial charge in [0.15, 0.2) is 41.4 Å². The molecule has 16 atom stereocenters. The van der Waals surface area contributed by atoms with E-state index in [9.17, 15) is 57.6 Å². The summed E-state index contributed by atoms with van der Waals surface area (Å²) in [5.41, 5.74) is 15.7. The first-order valence-electron chi connectivity index (χ1n) is 21.9. The normalized spacial score (nSPS) is 30.0. The van der Waals surface area contributed by atoms with E-state index >= 15 is 0 Å². The van der Waals surface area contributed by atoms with E-state index in [1.807, 2.05) is 0 Å². The first kappa shape index (κ1) is 56.6. The van der Waals surface area contributed by atoms with Crippen molar-refractivity contribution in [3.63, 3.8) is 0 Å². The molecule has 0 bridgehead atoms. The van der Waals surface area contributed by atoms with E-state index < -0.39 is 136 Å². The lowest BCUT2D eigenvalue weighted by Crippen LogP contribution is -2.47. The molecule has 3 aliphatic heterocycles. The van der Waals surface area contributed by atoms with Crippen LogP contribution in [0.15, 0.2) is 34.9 Å². The van der Waals surface area contributed by atoms with Crippen molar-refractivity contribution in [3.05, 3.63) is 46.0 Å². The van der Waals surface area contributed by atoms with Gasteiger partial charge in [-0.3, -0.25) is 51.5 Å². The predicted octanol–water partition coefficient (Wildman–Crippen LogP) is -5.93. The molecule has 0 amide bonds. The highest BCUT2D eigenvalue weighted by atomic mass is 31.3. The third-order valence-electron chi connectivity index (χ3n) is 12.0. The highest BCUT2D eigenvalue weighted by molar-refractivity contribution is 7.65. The van der Waals surface area contributed by atoms with Crippen molar-refractivity contribution >= 4 is 82.5 Å². The summed E-state index contributed by atoms with van der Waals surface area (Å²) in [7, 11) is -19.6. The van der Waals surface area contributed by atoms with E-state index in [0.29, 0.717) is 0 Å². The van der Waals surface area contributed by atoms with Crippen molar-refractivity contribution in [2.24, 2.45) is 7.05 Å². The number of hydrogen-bond acceptors (Lipinski definition) is 33. The fourth-order valence-corrected chi connectivity index (χ4v) is 13.1. The molecule has 0 saturated carbocycles. The number of aromatic nitrogens is 12. The zero-order valence-corrected chi connectivity index (χ0v) is 43.3. The Hall–Kier alpha value is -5.15. The van der Waals surface area contributed by atoms with Crippen LogP contribution < -0.4 is 52.5 Å². The molecule has 43 heteroatoms. The van der Waals surface area contributed by atoms with Gasteiger partial charge in [-0.1, -0.05) is 4.98 Å². The Morgan fingerprint density at radius 2 is 1.22 bits per heavy atom. The molecule has 6 aromatic heterocycles. The maximum absolute atomic E-state index is 13.6. The summed E-state index contributed by atoms with van der Waals surface area (Å²) in [4.78, 5) is 106. The lowest BCUT2D eigenvalue weighted by atomic mass is 10.1. The van der Waals surface area contributed by atoms with Crippen molar-refractivity contribution in [1.29, 1.82) is 0 Å². The SMILES string of the molecule is COC1[C@@H](COP(=O)([O-])OP(=O)([O-])OP(=O)([O-])OC[C@H]2O[C@@H](n3cnc4c(N)ncnc43)[C@@H](OC)C2OP(=O)([O-])OC[C@H]2O[C@@H](n3cnc4c(=O)[nH]c(N)nc43)C(O)[C@H]2O)O[C@@H]([n+]2cn(C)c3c(=O)[nH]c(N)nc32)[C@H]1OC. The summed E-state index contributed by atoms with van der Waals surface area (Å²) in [6, 6.07) is 0. The van der Waals surface area contributed by atoms with Crippen LogP contribution in [0.5, 0.6) is 0 Å². The fraction of sp³-hybridized carbons (Fsp3) is 0.559. The van der Waals surface area contributed by atoms with Gasteiger partial charge in [-0.25, -0.2) is 33.1 Å². The molecule has 6 aromatic rings. The maximum atomic E-state index is 13.6. The van der Waals surface area contributed by atoms with Gasteiger partial charge < -0.3 is 93.5 Å². The van der Waals surface area contributed by atoms with Crippen LogP contribution in [-0.4, -0.2) is 160 Å². The molecular weight excluding hydrogens is 1130 g/mol. The van der Waals surface area contributed by atoms with Crippen molar-refractivity contribution < 1.29 is 108 Å². The number of ether oxygens (including phenoxy) is 6. The molecule has 3 saturated heterocycles. The maximum Gasteiger partial charge on any atom is 0.313 e. The van der Waals surface area contributed by atoms with E-state index in [0.717, 1.165) is 35.2 Å². The number of nitrogens with one attached hydrogen (secondary N) is 2. The first-order chi connectivity index (χ1) is 36.2. The smallest absolute Gasteiger partial charge is 0.313 e. The monoisotopic (exact) mass is 1170 g/mol. The fourth-order valence-electron chi connectivity index (χ4n) is 8.76. The number of phosphoric acid groups is 4. The lowest BCUT2D eigenvalue weighted by molar-refractivity contribution is -0.746. The van der Waals surface area contributed by atoms with Crippen LogP contribution in [0.2, 0.25) is 0 Å². The Kier molecular flexibility index (Phi) is 15.8. The molecule has 0 aromatic carbocycles. The largest absolute Gasteiger partial charge is 0.756 e. The van der Waals surface area contributed by atoms with Crippen LogP contribution in [-0.2, 0) is 80.4 Å². The van der Waals surface area contributed by atoms with Crippen molar-refractivity contribution in [1.82, 2.24) is 53.6 Å². The molecule has 3 fully saturated rings. The van der Waals surface area contributed by atoms with Gasteiger partial charge in [0.2, 0.25) is 17.7 Å². The van der Waals surface area contributed by atoms with E-state index in [1.54, 1.807) is 0 Å². The van der Waals surface area contributed by atoms with Crippen LogP contribution in [0.3, 0.4) is 0 Å². The lowest BCUT2D eigenvalue weighted by Gasteiger charge is -2.35.